The Kier molecular flexibility index (Phi) is 4.45. The number of ether oxygens (including phenoxy) is 1. The normalized spacial score (nSPS) is 22.0. The number of aliphatic carboxylic acids is 1. The third kappa shape index (κ3) is 3.15. The molecule has 5 nitrogen and oxygen atoms in total. The first-order chi connectivity index (χ1) is 9.93. The number of nitrogens with one attached hydrogen (secondary N) is 1. The van der Waals surface area contributed by atoms with Crippen LogP contribution in [0.15, 0.2) is 18.2 Å². The van der Waals surface area contributed by atoms with Crippen molar-refractivity contribution in [1.82, 2.24) is 5.32 Å². The lowest BCUT2D eigenvalue weighted by atomic mass is 9.73. The molecule has 0 spiro atoms. The topological polar surface area (TPSA) is 75.6 Å². The first kappa shape index (κ1) is 15.3. The maximum absolute atomic E-state index is 13.6. The third-order valence-corrected chi connectivity index (χ3v) is 3.96. The molecule has 1 aromatic rings. The lowest BCUT2D eigenvalue weighted by Crippen LogP contribution is -2.44. The second-order valence-electron chi connectivity index (χ2n) is 5.25. The molecule has 6 heteroatoms. The molecule has 0 aliphatic heterocycles. The minimum Gasteiger partial charge on any atom is -0.494 e. The van der Waals surface area contributed by atoms with Crippen molar-refractivity contribution in [2.45, 2.75) is 25.8 Å². The van der Waals surface area contributed by atoms with Gasteiger partial charge in [0.2, 0.25) is 5.91 Å². The molecule has 2 N–H and O–H groups in total. The fourth-order valence-electron chi connectivity index (χ4n) is 2.47. The van der Waals surface area contributed by atoms with Crippen LogP contribution in [0.4, 0.5) is 4.39 Å². The largest absolute Gasteiger partial charge is 0.494 e. The maximum atomic E-state index is 13.6. The molecule has 114 valence electrons. The standard InChI is InChI=1S/C15H18FNO4/c1-8(9-3-6-13(21-2)12(16)7-9)17-14(18)10-4-5-11(10)15(19)20/h3,6-8,10-11H,4-5H2,1-2H3,(H,17,18)(H,19,20). The van der Waals surface area contributed by atoms with Gasteiger partial charge in [-0.25, -0.2) is 4.39 Å². The summed E-state index contributed by atoms with van der Waals surface area (Å²) in [6.45, 7) is 1.73. The predicted molar refractivity (Wildman–Crippen MR) is 73.4 cm³/mol. The van der Waals surface area contributed by atoms with Crippen molar-refractivity contribution in [2.24, 2.45) is 11.8 Å². The number of hydrogen-bond acceptors (Lipinski definition) is 3. The van der Waals surface area contributed by atoms with Gasteiger partial charge in [0.15, 0.2) is 11.6 Å². The Balaban J connectivity index is 2.01. The summed E-state index contributed by atoms with van der Waals surface area (Å²) in [7, 11) is 1.38. The second kappa shape index (κ2) is 6.11. The highest BCUT2D eigenvalue weighted by molar-refractivity contribution is 5.86. The van der Waals surface area contributed by atoms with Crippen molar-refractivity contribution in [3.8, 4) is 5.75 Å². The molecule has 3 unspecified atom stereocenters. The molecular weight excluding hydrogens is 277 g/mol. The summed E-state index contributed by atoms with van der Waals surface area (Å²) in [5.41, 5.74) is 0.604. The van der Waals surface area contributed by atoms with Gasteiger partial charge in [0.25, 0.3) is 0 Å². The van der Waals surface area contributed by atoms with Gasteiger partial charge in [-0.2, -0.15) is 0 Å². The summed E-state index contributed by atoms with van der Waals surface area (Å²) in [6.07, 6.45) is 1.10. The van der Waals surface area contributed by atoms with E-state index in [0.29, 0.717) is 18.4 Å². The Labute approximate surface area is 122 Å². The van der Waals surface area contributed by atoms with E-state index in [0.717, 1.165) is 0 Å². The number of carbonyl (C=O) groups is 2. The summed E-state index contributed by atoms with van der Waals surface area (Å²) in [5.74, 6) is -2.69. The number of carboxylic acids is 1. The van der Waals surface area contributed by atoms with Gasteiger partial charge in [-0.05, 0) is 37.5 Å². The van der Waals surface area contributed by atoms with Gasteiger partial charge in [-0.15, -0.1) is 0 Å². The molecule has 1 aliphatic rings. The van der Waals surface area contributed by atoms with E-state index in [2.05, 4.69) is 5.32 Å². The van der Waals surface area contributed by atoms with E-state index in [1.807, 2.05) is 0 Å². The zero-order chi connectivity index (χ0) is 15.6. The monoisotopic (exact) mass is 295 g/mol. The van der Waals surface area contributed by atoms with Crippen molar-refractivity contribution >= 4 is 11.9 Å². The first-order valence-corrected chi connectivity index (χ1v) is 6.80. The number of rotatable bonds is 5. The van der Waals surface area contributed by atoms with E-state index in [1.54, 1.807) is 13.0 Å². The quantitative estimate of drug-likeness (QED) is 0.872. The molecule has 0 heterocycles. The molecule has 0 radical (unpaired) electrons. The van der Waals surface area contributed by atoms with Crippen LogP contribution in [-0.2, 0) is 9.59 Å². The van der Waals surface area contributed by atoms with Gasteiger partial charge in [0.05, 0.1) is 25.0 Å². The van der Waals surface area contributed by atoms with Crippen LogP contribution in [0.1, 0.15) is 31.4 Å². The van der Waals surface area contributed by atoms with Gasteiger partial charge in [-0.3, -0.25) is 9.59 Å². The number of hydrogen-bond donors (Lipinski definition) is 2. The van der Waals surface area contributed by atoms with Gasteiger partial charge in [-0.1, -0.05) is 6.07 Å². The molecule has 0 aromatic heterocycles. The summed E-state index contributed by atoms with van der Waals surface area (Å²) in [4.78, 5) is 23.0. The van der Waals surface area contributed by atoms with Crippen molar-refractivity contribution in [1.29, 1.82) is 0 Å². The van der Waals surface area contributed by atoms with Crippen molar-refractivity contribution in [2.75, 3.05) is 7.11 Å². The smallest absolute Gasteiger partial charge is 0.307 e. The Morgan fingerprint density at radius 3 is 2.52 bits per heavy atom. The van der Waals surface area contributed by atoms with E-state index in [-0.39, 0.29) is 11.7 Å². The number of benzene rings is 1. The summed E-state index contributed by atoms with van der Waals surface area (Å²) in [6, 6.07) is 4.08. The van der Waals surface area contributed by atoms with Crippen molar-refractivity contribution in [3.05, 3.63) is 29.6 Å². The molecule has 1 aliphatic carbocycles. The maximum Gasteiger partial charge on any atom is 0.307 e. The van der Waals surface area contributed by atoms with E-state index < -0.39 is 29.7 Å². The fourth-order valence-corrected chi connectivity index (χ4v) is 2.47. The summed E-state index contributed by atoms with van der Waals surface area (Å²) in [5, 5.41) is 11.7. The molecule has 1 fully saturated rings. The van der Waals surface area contributed by atoms with E-state index in [9.17, 15) is 14.0 Å². The Morgan fingerprint density at radius 2 is 2.05 bits per heavy atom. The predicted octanol–water partition coefficient (Wildman–Crippen LogP) is 2.12. The van der Waals surface area contributed by atoms with Crippen LogP contribution < -0.4 is 10.1 Å². The second-order valence-corrected chi connectivity index (χ2v) is 5.25. The van der Waals surface area contributed by atoms with Gasteiger partial charge >= 0.3 is 5.97 Å². The van der Waals surface area contributed by atoms with E-state index in [4.69, 9.17) is 9.84 Å². The molecule has 0 saturated heterocycles. The average molecular weight is 295 g/mol. The van der Waals surface area contributed by atoms with Crippen LogP contribution in [0, 0.1) is 17.7 Å². The number of methoxy groups -OCH3 is 1. The lowest BCUT2D eigenvalue weighted by Gasteiger charge is -2.33. The van der Waals surface area contributed by atoms with Crippen LogP contribution in [-0.4, -0.2) is 24.1 Å². The highest BCUT2D eigenvalue weighted by Gasteiger charge is 2.41. The number of amides is 1. The third-order valence-electron chi connectivity index (χ3n) is 3.96. The Morgan fingerprint density at radius 1 is 1.38 bits per heavy atom. The molecule has 0 bridgehead atoms. The highest BCUT2D eigenvalue weighted by atomic mass is 19.1. The van der Waals surface area contributed by atoms with Crippen LogP contribution >= 0.6 is 0 Å². The molecule has 2 rings (SSSR count). The van der Waals surface area contributed by atoms with E-state index >= 15 is 0 Å². The molecule has 1 aromatic carbocycles. The van der Waals surface area contributed by atoms with Crippen LogP contribution in [0.5, 0.6) is 5.75 Å². The Bertz CT molecular complexity index is 561. The van der Waals surface area contributed by atoms with Crippen molar-refractivity contribution < 1.29 is 23.8 Å². The number of carboxylic acid groups (broad SMARTS) is 1. The first-order valence-electron chi connectivity index (χ1n) is 6.80. The molecule has 21 heavy (non-hydrogen) atoms. The van der Waals surface area contributed by atoms with Crippen LogP contribution in [0.3, 0.4) is 0 Å². The molecule has 1 amide bonds. The SMILES string of the molecule is COc1ccc(C(C)NC(=O)C2CCC2C(=O)O)cc1F. The summed E-state index contributed by atoms with van der Waals surface area (Å²) >= 11 is 0. The molecule has 1 saturated carbocycles. The highest BCUT2D eigenvalue weighted by Crippen LogP contribution is 2.35. The molecular formula is C15H18FNO4. The lowest BCUT2D eigenvalue weighted by molar-refractivity contribution is -0.152. The van der Waals surface area contributed by atoms with E-state index in [1.165, 1.54) is 19.2 Å². The van der Waals surface area contributed by atoms with Crippen molar-refractivity contribution in [3.63, 3.8) is 0 Å². The number of halogens is 1. The summed E-state index contributed by atoms with van der Waals surface area (Å²) < 4.78 is 18.5. The van der Waals surface area contributed by atoms with Crippen LogP contribution in [0.25, 0.3) is 0 Å². The zero-order valence-corrected chi connectivity index (χ0v) is 11.9. The molecule has 3 atom stereocenters. The number of carbonyl (C=O) groups excluding carboxylic acids is 1. The van der Waals surface area contributed by atoms with Gasteiger partial charge in [0.1, 0.15) is 0 Å². The minimum atomic E-state index is -0.940. The zero-order valence-electron chi connectivity index (χ0n) is 11.9. The van der Waals surface area contributed by atoms with Crippen LogP contribution in [0.2, 0.25) is 0 Å². The van der Waals surface area contributed by atoms with Gasteiger partial charge < -0.3 is 15.2 Å². The van der Waals surface area contributed by atoms with Gasteiger partial charge in [0, 0.05) is 0 Å². The fraction of sp³-hybridized carbons (Fsp3) is 0.467. The average Bonchev–Trinajstić information content (AvgIpc) is 2.36. The minimum absolute atomic E-state index is 0.141. The Hall–Kier alpha value is -2.11.